The Morgan fingerprint density at radius 2 is 1.89 bits per heavy atom. The Kier molecular flexibility index (Phi) is 4.54. The second kappa shape index (κ2) is 6.36. The van der Waals surface area contributed by atoms with Crippen molar-refractivity contribution < 1.29 is 9.18 Å². The molecule has 0 heterocycles. The molecule has 0 radical (unpaired) electrons. The lowest BCUT2D eigenvalue weighted by Crippen LogP contribution is -2.33. The van der Waals surface area contributed by atoms with Crippen LogP contribution in [0.5, 0.6) is 0 Å². The molecule has 2 aromatic carbocycles. The molecule has 0 aromatic heterocycles. The molecule has 3 N–H and O–H groups in total. The highest BCUT2D eigenvalue weighted by Crippen LogP contribution is 2.35. The van der Waals surface area contributed by atoms with Crippen molar-refractivity contribution in [1.82, 2.24) is 5.43 Å². The van der Waals surface area contributed by atoms with Gasteiger partial charge < -0.3 is 0 Å². The van der Waals surface area contributed by atoms with Gasteiger partial charge >= 0.3 is 0 Å². The zero-order valence-corrected chi connectivity index (χ0v) is 10.9. The Labute approximate surface area is 115 Å². The number of carbonyl (C=O) groups excluding carboxylic acids is 1. The number of rotatable bonds is 4. The van der Waals surface area contributed by atoms with Crippen LogP contribution < -0.4 is 11.3 Å². The molecule has 5 heteroatoms. The van der Waals surface area contributed by atoms with E-state index in [1.807, 2.05) is 30.3 Å². The van der Waals surface area contributed by atoms with Crippen molar-refractivity contribution in [3.63, 3.8) is 0 Å². The lowest BCUT2D eigenvalue weighted by Gasteiger charge is -2.15. The summed E-state index contributed by atoms with van der Waals surface area (Å²) < 4.78 is 13.2. The number of hydrazine groups is 1. The van der Waals surface area contributed by atoms with E-state index in [2.05, 4.69) is 5.43 Å². The Morgan fingerprint density at radius 1 is 1.16 bits per heavy atom. The van der Waals surface area contributed by atoms with E-state index < -0.39 is 5.25 Å². The fourth-order valence-corrected chi connectivity index (χ4v) is 2.73. The maximum absolute atomic E-state index is 13.2. The van der Waals surface area contributed by atoms with Gasteiger partial charge in [0.05, 0.1) is 0 Å². The summed E-state index contributed by atoms with van der Waals surface area (Å²) in [4.78, 5) is 12.5. The summed E-state index contributed by atoms with van der Waals surface area (Å²) in [6.07, 6.45) is 0. The van der Waals surface area contributed by atoms with Gasteiger partial charge in [-0.1, -0.05) is 36.4 Å². The van der Waals surface area contributed by atoms with Gasteiger partial charge in [0.25, 0.3) is 5.91 Å². The molecule has 0 spiro atoms. The van der Waals surface area contributed by atoms with E-state index in [0.717, 1.165) is 5.56 Å². The van der Waals surface area contributed by atoms with Gasteiger partial charge in [0.2, 0.25) is 0 Å². The average molecular weight is 276 g/mol. The zero-order chi connectivity index (χ0) is 13.7. The van der Waals surface area contributed by atoms with Crippen molar-refractivity contribution >= 4 is 17.7 Å². The van der Waals surface area contributed by atoms with Gasteiger partial charge in [0, 0.05) is 4.90 Å². The summed E-state index contributed by atoms with van der Waals surface area (Å²) in [7, 11) is 0. The summed E-state index contributed by atoms with van der Waals surface area (Å²) in [5, 5.41) is -0.506. The minimum atomic E-state index is -0.506. The van der Waals surface area contributed by atoms with E-state index in [0.29, 0.717) is 4.90 Å². The number of hydrogen-bond acceptors (Lipinski definition) is 3. The molecule has 0 bridgehead atoms. The van der Waals surface area contributed by atoms with Crippen LogP contribution >= 0.6 is 11.8 Å². The average Bonchev–Trinajstić information content (AvgIpc) is 2.45. The minimum absolute atomic E-state index is 0.319. The first-order chi connectivity index (χ1) is 9.20. The van der Waals surface area contributed by atoms with Crippen LogP contribution in [0.3, 0.4) is 0 Å². The second-order valence-electron chi connectivity index (χ2n) is 3.87. The van der Waals surface area contributed by atoms with Gasteiger partial charge in [-0.05, 0) is 23.8 Å². The van der Waals surface area contributed by atoms with Crippen molar-refractivity contribution in [3.8, 4) is 0 Å². The summed E-state index contributed by atoms with van der Waals surface area (Å²) in [5.41, 5.74) is 2.96. The van der Waals surface area contributed by atoms with Crippen molar-refractivity contribution in [2.24, 2.45) is 5.84 Å². The molecule has 0 fully saturated rings. The third kappa shape index (κ3) is 3.56. The number of nitrogens with two attached hydrogens (primary N) is 1. The summed E-state index contributed by atoms with van der Waals surface area (Å²) in [5.74, 6) is 4.56. The van der Waals surface area contributed by atoms with Crippen LogP contribution in [0.1, 0.15) is 10.8 Å². The predicted octanol–water partition coefficient (Wildman–Crippen LogP) is 2.65. The van der Waals surface area contributed by atoms with Crippen molar-refractivity contribution in [3.05, 3.63) is 66.0 Å². The highest BCUT2D eigenvalue weighted by molar-refractivity contribution is 8.00. The fraction of sp³-hybridized carbons (Fsp3) is 0.0714. The molecule has 1 atom stereocenters. The maximum Gasteiger partial charge on any atom is 0.251 e. The molecule has 1 amide bonds. The third-order valence-corrected chi connectivity index (χ3v) is 3.78. The van der Waals surface area contributed by atoms with Crippen LogP contribution in [0.15, 0.2) is 59.5 Å². The van der Waals surface area contributed by atoms with E-state index in [1.165, 1.54) is 23.9 Å². The van der Waals surface area contributed by atoms with Crippen molar-refractivity contribution in [1.29, 1.82) is 0 Å². The SMILES string of the molecule is NNC(=O)C(Sc1cccc(F)c1)c1ccccc1. The largest absolute Gasteiger partial charge is 0.293 e. The molecule has 2 rings (SSSR count). The topological polar surface area (TPSA) is 55.1 Å². The Balaban J connectivity index is 2.27. The Hall–Kier alpha value is -1.85. The van der Waals surface area contributed by atoms with Gasteiger partial charge in [0.15, 0.2) is 0 Å². The van der Waals surface area contributed by atoms with E-state index >= 15 is 0 Å². The molecule has 0 aliphatic heterocycles. The zero-order valence-electron chi connectivity index (χ0n) is 10.0. The van der Waals surface area contributed by atoms with Crippen LogP contribution in [-0.2, 0) is 4.79 Å². The fourth-order valence-electron chi connectivity index (χ4n) is 1.65. The quantitative estimate of drug-likeness (QED) is 0.391. The van der Waals surface area contributed by atoms with Gasteiger partial charge in [-0.2, -0.15) is 0 Å². The molecule has 0 aliphatic carbocycles. The van der Waals surface area contributed by atoms with Gasteiger partial charge in [-0.25, -0.2) is 10.2 Å². The predicted molar refractivity (Wildman–Crippen MR) is 73.8 cm³/mol. The van der Waals surface area contributed by atoms with E-state index in [9.17, 15) is 9.18 Å². The molecular weight excluding hydrogens is 263 g/mol. The standard InChI is InChI=1S/C14H13FN2OS/c15-11-7-4-8-12(9-11)19-13(14(18)17-16)10-5-2-1-3-6-10/h1-9,13H,16H2,(H,17,18). The van der Waals surface area contributed by atoms with Gasteiger partial charge in [-0.3, -0.25) is 10.2 Å². The number of thioether (sulfide) groups is 1. The highest BCUT2D eigenvalue weighted by atomic mass is 32.2. The van der Waals surface area contributed by atoms with Crippen LogP contribution in [0.25, 0.3) is 0 Å². The lowest BCUT2D eigenvalue weighted by atomic mass is 10.1. The van der Waals surface area contributed by atoms with Gasteiger partial charge in [0.1, 0.15) is 11.1 Å². The first-order valence-electron chi connectivity index (χ1n) is 5.68. The second-order valence-corrected chi connectivity index (χ2v) is 5.05. The van der Waals surface area contributed by atoms with E-state index in [4.69, 9.17) is 5.84 Å². The summed E-state index contributed by atoms with van der Waals surface area (Å²) >= 11 is 1.26. The van der Waals surface area contributed by atoms with Crippen LogP contribution in [0, 0.1) is 5.82 Å². The van der Waals surface area contributed by atoms with Gasteiger partial charge in [-0.15, -0.1) is 11.8 Å². The van der Waals surface area contributed by atoms with Crippen LogP contribution in [0.4, 0.5) is 4.39 Å². The molecule has 0 aliphatic rings. The molecule has 3 nitrogen and oxygen atoms in total. The molecule has 2 aromatic rings. The molecule has 0 saturated heterocycles. The number of amides is 1. The third-order valence-electron chi connectivity index (χ3n) is 2.53. The molecular formula is C14H13FN2OS. The van der Waals surface area contributed by atoms with E-state index in [1.54, 1.807) is 12.1 Å². The smallest absolute Gasteiger partial charge is 0.251 e. The van der Waals surface area contributed by atoms with Crippen LogP contribution in [-0.4, -0.2) is 5.91 Å². The Morgan fingerprint density at radius 3 is 2.53 bits per heavy atom. The normalized spacial score (nSPS) is 11.9. The number of hydrogen-bond donors (Lipinski definition) is 2. The molecule has 98 valence electrons. The number of nitrogens with one attached hydrogen (secondary N) is 1. The highest BCUT2D eigenvalue weighted by Gasteiger charge is 2.21. The van der Waals surface area contributed by atoms with Crippen molar-refractivity contribution in [2.75, 3.05) is 0 Å². The summed E-state index contributed by atoms with van der Waals surface area (Å²) in [6, 6.07) is 15.4. The van der Waals surface area contributed by atoms with Crippen LogP contribution in [0.2, 0.25) is 0 Å². The number of halogens is 1. The first-order valence-corrected chi connectivity index (χ1v) is 6.56. The molecule has 19 heavy (non-hydrogen) atoms. The van der Waals surface area contributed by atoms with E-state index in [-0.39, 0.29) is 11.7 Å². The molecule has 1 unspecified atom stereocenters. The minimum Gasteiger partial charge on any atom is -0.293 e. The lowest BCUT2D eigenvalue weighted by molar-refractivity contribution is -0.120. The Bertz CT molecular complexity index is 562. The maximum atomic E-state index is 13.2. The number of benzene rings is 2. The van der Waals surface area contributed by atoms with Crippen molar-refractivity contribution in [2.45, 2.75) is 10.1 Å². The first kappa shape index (κ1) is 13.6. The number of carbonyl (C=O) groups is 1. The monoisotopic (exact) mass is 276 g/mol. The molecule has 0 saturated carbocycles. The summed E-state index contributed by atoms with van der Waals surface area (Å²) in [6.45, 7) is 0.